The maximum Gasteiger partial charge on any atom is 0.191 e. The van der Waals surface area contributed by atoms with Gasteiger partial charge in [0.1, 0.15) is 11.5 Å². The van der Waals surface area contributed by atoms with Crippen molar-refractivity contribution in [3.63, 3.8) is 0 Å². The van der Waals surface area contributed by atoms with Crippen LogP contribution in [0.25, 0.3) is 0 Å². The third-order valence-electron chi connectivity index (χ3n) is 3.86. The Balaban J connectivity index is 1.78. The van der Waals surface area contributed by atoms with Crippen molar-refractivity contribution in [2.45, 2.75) is 19.4 Å². The van der Waals surface area contributed by atoms with Gasteiger partial charge < -0.3 is 20.1 Å². The average molecular weight is 345 g/mol. The summed E-state index contributed by atoms with van der Waals surface area (Å²) < 4.78 is 12.5. The van der Waals surface area contributed by atoms with Crippen LogP contribution < -0.4 is 20.1 Å². The third-order valence-corrected chi connectivity index (χ3v) is 3.86. The van der Waals surface area contributed by atoms with E-state index in [1.807, 2.05) is 42.3 Å². The first-order valence-corrected chi connectivity index (χ1v) is 8.29. The molecule has 0 aliphatic heterocycles. The minimum absolute atomic E-state index is 0.620. The van der Waals surface area contributed by atoms with E-state index in [0.717, 1.165) is 42.4 Å². The zero-order chi connectivity index (χ0) is 18.1. The SMILES string of the molecule is CN=C(NCCCc1cnn(C)c1)NCc1ccc(OC)cc1OC. The normalized spacial score (nSPS) is 11.3. The number of guanidine groups is 1. The maximum atomic E-state index is 5.42. The fourth-order valence-electron chi connectivity index (χ4n) is 2.50. The van der Waals surface area contributed by atoms with Crippen molar-refractivity contribution < 1.29 is 9.47 Å². The molecule has 0 fully saturated rings. The van der Waals surface area contributed by atoms with Gasteiger partial charge >= 0.3 is 0 Å². The fourth-order valence-corrected chi connectivity index (χ4v) is 2.50. The lowest BCUT2D eigenvalue weighted by Gasteiger charge is -2.14. The molecule has 0 atom stereocenters. The van der Waals surface area contributed by atoms with Gasteiger partial charge in [-0.3, -0.25) is 9.67 Å². The number of hydrogen-bond acceptors (Lipinski definition) is 4. The monoisotopic (exact) mass is 345 g/mol. The Hall–Kier alpha value is -2.70. The van der Waals surface area contributed by atoms with Gasteiger partial charge in [0.15, 0.2) is 5.96 Å². The standard InChI is InChI=1S/C18H27N5O2/c1-19-18(20-9-5-6-14-11-22-23(2)13-14)21-12-15-7-8-16(24-3)10-17(15)25-4/h7-8,10-11,13H,5-6,9,12H2,1-4H3,(H2,19,20,21). The van der Waals surface area contributed by atoms with Gasteiger partial charge in [-0.2, -0.15) is 5.10 Å². The van der Waals surface area contributed by atoms with E-state index in [2.05, 4.69) is 20.7 Å². The number of nitrogens with one attached hydrogen (secondary N) is 2. The summed E-state index contributed by atoms with van der Waals surface area (Å²) in [5, 5.41) is 10.8. The number of aliphatic imine (C=N–C) groups is 1. The smallest absolute Gasteiger partial charge is 0.191 e. The van der Waals surface area contributed by atoms with Gasteiger partial charge in [-0.15, -0.1) is 0 Å². The van der Waals surface area contributed by atoms with Crippen LogP contribution in [-0.2, 0) is 20.0 Å². The molecule has 0 unspecified atom stereocenters. The van der Waals surface area contributed by atoms with Crippen molar-refractivity contribution in [1.29, 1.82) is 0 Å². The number of rotatable bonds is 8. The fraction of sp³-hybridized carbons (Fsp3) is 0.444. The molecule has 7 heteroatoms. The van der Waals surface area contributed by atoms with Gasteiger partial charge in [0, 0.05) is 45.0 Å². The summed E-state index contributed by atoms with van der Waals surface area (Å²) >= 11 is 0. The quantitative estimate of drug-likeness (QED) is 0.433. The lowest BCUT2D eigenvalue weighted by atomic mass is 10.2. The predicted octanol–water partition coefficient (Wildman–Crippen LogP) is 1.74. The summed E-state index contributed by atoms with van der Waals surface area (Å²) in [7, 11) is 7.00. The molecule has 2 N–H and O–H groups in total. The summed E-state index contributed by atoms with van der Waals surface area (Å²) in [5.41, 5.74) is 2.29. The summed E-state index contributed by atoms with van der Waals surface area (Å²) in [5.74, 6) is 2.33. The molecule has 0 saturated carbocycles. The molecule has 1 aromatic carbocycles. The molecule has 0 aliphatic carbocycles. The maximum absolute atomic E-state index is 5.42. The molecule has 0 radical (unpaired) electrons. The van der Waals surface area contributed by atoms with E-state index in [-0.39, 0.29) is 0 Å². The van der Waals surface area contributed by atoms with Crippen molar-refractivity contribution in [3.05, 3.63) is 41.7 Å². The minimum atomic E-state index is 0.620. The van der Waals surface area contributed by atoms with Gasteiger partial charge in [-0.1, -0.05) is 0 Å². The Morgan fingerprint density at radius 3 is 2.72 bits per heavy atom. The van der Waals surface area contributed by atoms with Crippen LogP contribution in [0.2, 0.25) is 0 Å². The largest absolute Gasteiger partial charge is 0.497 e. The molecular formula is C18H27N5O2. The van der Waals surface area contributed by atoms with E-state index in [1.165, 1.54) is 5.56 Å². The second kappa shape index (κ2) is 9.56. The molecule has 2 rings (SSSR count). The van der Waals surface area contributed by atoms with Crippen LogP contribution in [0.15, 0.2) is 35.6 Å². The predicted molar refractivity (Wildman–Crippen MR) is 99.3 cm³/mol. The van der Waals surface area contributed by atoms with Crippen LogP contribution in [0.4, 0.5) is 0 Å². The molecule has 7 nitrogen and oxygen atoms in total. The van der Waals surface area contributed by atoms with E-state index in [4.69, 9.17) is 9.47 Å². The lowest BCUT2D eigenvalue weighted by molar-refractivity contribution is 0.390. The van der Waals surface area contributed by atoms with E-state index >= 15 is 0 Å². The number of aryl methyl sites for hydroxylation is 2. The van der Waals surface area contributed by atoms with Crippen molar-refractivity contribution in [1.82, 2.24) is 20.4 Å². The van der Waals surface area contributed by atoms with Crippen LogP contribution in [-0.4, -0.2) is 43.6 Å². The van der Waals surface area contributed by atoms with Gasteiger partial charge in [0.2, 0.25) is 0 Å². The highest BCUT2D eigenvalue weighted by atomic mass is 16.5. The molecule has 0 amide bonds. The minimum Gasteiger partial charge on any atom is -0.497 e. The number of methoxy groups -OCH3 is 2. The Kier molecular flexibility index (Phi) is 7.13. The summed E-state index contributed by atoms with van der Waals surface area (Å²) in [6.07, 6.45) is 5.95. The van der Waals surface area contributed by atoms with Crippen LogP contribution in [0, 0.1) is 0 Å². The molecule has 2 aromatic rings. The molecule has 0 spiro atoms. The number of ether oxygens (including phenoxy) is 2. The highest BCUT2D eigenvalue weighted by molar-refractivity contribution is 5.79. The molecule has 0 saturated heterocycles. The lowest BCUT2D eigenvalue weighted by Crippen LogP contribution is -2.37. The highest BCUT2D eigenvalue weighted by Gasteiger charge is 2.06. The number of aromatic nitrogens is 2. The van der Waals surface area contributed by atoms with Crippen LogP contribution in [0.1, 0.15) is 17.5 Å². The van der Waals surface area contributed by atoms with Crippen molar-refractivity contribution in [3.8, 4) is 11.5 Å². The van der Waals surface area contributed by atoms with Crippen molar-refractivity contribution >= 4 is 5.96 Å². The van der Waals surface area contributed by atoms with E-state index in [0.29, 0.717) is 6.54 Å². The highest BCUT2D eigenvalue weighted by Crippen LogP contribution is 2.24. The Morgan fingerprint density at radius 1 is 1.24 bits per heavy atom. The number of hydrogen-bond donors (Lipinski definition) is 2. The van der Waals surface area contributed by atoms with Crippen LogP contribution in [0.5, 0.6) is 11.5 Å². The van der Waals surface area contributed by atoms with Crippen molar-refractivity contribution in [2.75, 3.05) is 27.8 Å². The Morgan fingerprint density at radius 2 is 2.08 bits per heavy atom. The molecule has 0 aliphatic rings. The summed E-state index contributed by atoms with van der Waals surface area (Å²) in [6, 6.07) is 5.78. The van der Waals surface area contributed by atoms with E-state index in [9.17, 15) is 0 Å². The summed E-state index contributed by atoms with van der Waals surface area (Å²) in [6.45, 7) is 1.46. The van der Waals surface area contributed by atoms with Gasteiger partial charge in [0.05, 0.1) is 20.4 Å². The van der Waals surface area contributed by atoms with Gasteiger partial charge in [-0.05, 0) is 30.5 Å². The second-order valence-corrected chi connectivity index (χ2v) is 5.66. The van der Waals surface area contributed by atoms with E-state index in [1.54, 1.807) is 21.3 Å². The zero-order valence-electron chi connectivity index (χ0n) is 15.4. The van der Waals surface area contributed by atoms with Crippen LogP contribution in [0.3, 0.4) is 0 Å². The molecule has 1 aromatic heterocycles. The molecule has 1 heterocycles. The topological polar surface area (TPSA) is 72.7 Å². The zero-order valence-corrected chi connectivity index (χ0v) is 15.4. The number of benzene rings is 1. The third kappa shape index (κ3) is 5.70. The first-order chi connectivity index (χ1) is 12.2. The van der Waals surface area contributed by atoms with Crippen LogP contribution >= 0.6 is 0 Å². The summed E-state index contributed by atoms with van der Waals surface area (Å²) in [4.78, 5) is 4.25. The molecular weight excluding hydrogens is 318 g/mol. The Labute approximate surface area is 149 Å². The second-order valence-electron chi connectivity index (χ2n) is 5.66. The molecule has 25 heavy (non-hydrogen) atoms. The first-order valence-electron chi connectivity index (χ1n) is 8.29. The number of nitrogens with zero attached hydrogens (tertiary/aromatic N) is 3. The van der Waals surface area contributed by atoms with Gasteiger partial charge in [0.25, 0.3) is 0 Å². The Bertz CT molecular complexity index is 697. The first kappa shape index (κ1) is 18.6. The molecule has 0 bridgehead atoms. The van der Waals surface area contributed by atoms with Crippen molar-refractivity contribution in [2.24, 2.45) is 12.0 Å². The average Bonchev–Trinajstić information content (AvgIpc) is 3.06. The molecule has 136 valence electrons. The van der Waals surface area contributed by atoms with Gasteiger partial charge in [-0.25, -0.2) is 0 Å². The van der Waals surface area contributed by atoms with E-state index < -0.39 is 0 Å².